The van der Waals surface area contributed by atoms with Crippen LogP contribution in [0.25, 0.3) is 0 Å². The van der Waals surface area contributed by atoms with Crippen LogP contribution in [-0.2, 0) is 0 Å². The van der Waals surface area contributed by atoms with Gasteiger partial charge in [0.05, 0.1) is 0 Å². The van der Waals surface area contributed by atoms with E-state index in [0.717, 1.165) is 6.54 Å². The van der Waals surface area contributed by atoms with Crippen molar-refractivity contribution in [1.82, 2.24) is 10.3 Å². The van der Waals surface area contributed by atoms with Crippen molar-refractivity contribution >= 4 is 0 Å². The van der Waals surface area contributed by atoms with Gasteiger partial charge in [-0.2, -0.15) is 0 Å². The molecule has 1 atom stereocenters. The molecule has 2 heteroatoms. The van der Waals surface area contributed by atoms with Crippen molar-refractivity contribution in [3.63, 3.8) is 0 Å². The third kappa shape index (κ3) is 3.55. The Bertz CT molecular complexity index is 221. The molecule has 1 N–H and O–H groups in total. The van der Waals surface area contributed by atoms with Gasteiger partial charge in [0.2, 0.25) is 0 Å². The molecule has 0 aliphatic rings. The smallest absolute Gasteiger partial charge is 0.0315 e. The van der Waals surface area contributed by atoms with E-state index < -0.39 is 0 Å². The molecule has 13 heavy (non-hydrogen) atoms. The van der Waals surface area contributed by atoms with Gasteiger partial charge in [-0.3, -0.25) is 4.98 Å². The van der Waals surface area contributed by atoms with Crippen LogP contribution in [0.15, 0.2) is 24.5 Å². The molecular weight excluding hydrogens is 160 g/mol. The van der Waals surface area contributed by atoms with Gasteiger partial charge in [0.1, 0.15) is 0 Å². The monoisotopic (exact) mass is 178 g/mol. The maximum absolute atomic E-state index is 4.09. The van der Waals surface area contributed by atoms with E-state index in [0.29, 0.717) is 6.04 Å². The van der Waals surface area contributed by atoms with Crippen LogP contribution in [0.2, 0.25) is 0 Å². The first-order chi connectivity index (χ1) is 6.34. The average Bonchev–Trinajstić information content (AvgIpc) is 2.19. The Balaban J connectivity index is 2.35. The summed E-state index contributed by atoms with van der Waals surface area (Å²) < 4.78 is 0. The van der Waals surface area contributed by atoms with Crippen LogP contribution in [0.5, 0.6) is 0 Å². The summed E-state index contributed by atoms with van der Waals surface area (Å²) in [5.74, 6) is 0. The van der Waals surface area contributed by atoms with Crippen LogP contribution in [0, 0.1) is 0 Å². The van der Waals surface area contributed by atoms with E-state index in [1.807, 2.05) is 18.5 Å². The number of hydrogen-bond acceptors (Lipinski definition) is 2. The molecule has 0 fully saturated rings. The summed E-state index contributed by atoms with van der Waals surface area (Å²) in [6, 6.07) is 4.50. The normalized spacial score (nSPS) is 12.8. The summed E-state index contributed by atoms with van der Waals surface area (Å²) in [4.78, 5) is 4.09. The Morgan fingerprint density at radius 2 is 2.38 bits per heavy atom. The van der Waals surface area contributed by atoms with E-state index in [-0.39, 0.29) is 0 Å². The van der Waals surface area contributed by atoms with Crippen molar-refractivity contribution in [2.45, 2.75) is 32.7 Å². The van der Waals surface area contributed by atoms with E-state index in [1.165, 1.54) is 18.4 Å². The van der Waals surface area contributed by atoms with Crippen molar-refractivity contribution in [2.24, 2.45) is 0 Å². The first-order valence-electron chi connectivity index (χ1n) is 4.98. The lowest BCUT2D eigenvalue weighted by Crippen LogP contribution is -2.19. The molecule has 1 rings (SSSR count). The molecule has 0 amide bonds. The summed E-state index contributed by atoms with van der Waals surface area (Å²) in [6.07, 6.45) is 6.21. The van der Waals surface area contributed by atoms with Crippen molar-refractivity contribution in [3.8, 4) is 0 Å². The molecule has 0 spiro atoms. The highest BCUT2D eigenvalue weighted by atomic mass is 14.9. The van der Waals surface area contributed by atoms with E-state index in [4.69, 9.17) is 0 Å². The van der Waals surface area contributed by atoms with Crippen molar-refractivity contribution < 1.29 is 0 Å². The topological polar surface area (TPSA) is 24.9 Å². The first kappa shape index (κ1) is 10.2. The Hall–Kier alpha value is -0.890. The zero-order chi connectivity index (χ0) is 9.52. The van der Waals surface area contributed by atoms with Crippen LogP contribution in [0.3, 0.4) is 0 Å². The van der Waals surface area contributed by atoms with Crippen LogP contribution in [0.1, 0.15) is 38.3 Å². The van der Waals surface area contributed by atoms with Crippen LogP contribution in [-0.4, -0.2) is 11.5 Å². The highest BCUT2D eigenvalue weighted by Crippen LogP contribution is 2.09. The third-order valence-electron chi connectivity index (χ3n) is 2.17. The molecule has 0 aliphatic carbocycles. The minimum Gasteiger partial charge on any atom is -0.310 e. The Labute approximate surface area is 80.4 Å². The van der Waals surface area contributed by atoms with Gasteiger partial charge < -0.3 is 5.32 Å². The van der Waals surface area contributed by atoms with Gasteiger partial charge in [-0.25, -0.2) is 0 Å². The highest BCUT2D eigenvalue weighted by molar-refractivity contribution is 5.12. The minimum atomic E-state index is 0.417. The maximum Gasteiger partial charge on any atom is 0.0315 e. The number of unbranched alkanes of at least 4 members (excludes halogenated alkanes) is 1. The zero-order valence-electron chi connectivity index (χ0n) is 8.46. The molecule has 0 aromatic carbocycles. The Morgan fingerprint density at radius 1 is 1.54 bits per heavy atom. The second kappa shape index (κ2) is 5.70. The second-order valence-corrected chi connectivity index (χ2v) is 3.32. The zero-order valence-corrected chi connectivity index (χ0v) is 8.46. The summed E-state index contributed by atoms with van der Waals surface area (Å²) in [5.41, 5.74) is 1.26. The molecule has 0 aliphatic heterocycles. The number of nitrogens with zero attached hydrogens (tertiary/aromatic N) is 1. The van der Waals surface area contributed by atoms with Gasteiger partial charge in [-0.15, -0.1) is 0 Å². The molecule has 1 aromatic heterocycles. The molecule has 1 heterocycles. The molecule has 1 aromatic rings. The third-order valence-corrected chi connectivity index (χ3v) is 2.17. The fourth-order valence-electron chi connectivity index (χ4n) is 1.25. The lowest BCUT2D eigenvalue weighted by atomic mass is 10.1. The summed E-state index contributed by atoms with van der Waals surface area (Å²) in [7, 11) is 0. The lowest BCUT2D eigenvalue weighted by Gasteiger charge is -2.12. The van der Waals surface area contributed by atoms with Gasteiger partial charge >= 0.3 is 0 Å². The number of nitrogens with one attached hydrogen (secondary N) is 1. The van der Waals surface area contributed by atoms with Gasteiger partial charge in [0, 0.05) is 18.4 Å². The van der Waals surface area contributed by atoms with Crippen LogP contribution >= 0.6 is 0 Å². The number of aromatic nitrogens is 1. The lowest BCUT2D eigenvalue weighted by molar-refractivity contribution is 0.553. The number of pyridine rings is 1. The number of hydrogen-bond donors (Lipinski definition) is 1. The fourth-order valence-corrected chi connectivity index (χ4v) is 1.25. The summed E-state index contributed by atoms with van der Waals surface area (Å²) in [5, 5.41) is 3.46. The molecule has 0 saturated heterocycles. The predicted octanol–water partition coefficient (Wildman–Crippen LogP) is 2.53. The van der Waals surface area contributed by atoms with E-state index in [1.54, 1.807) is 0 Å². The van der Waals surface area contributed by atoms with E-state index in [9.17, 15) is 0 Å². The SMILES string of the molecule is CCCCN[C@H](C)c1cccnc1. The molecule has 2 nitrogen and oxygen atoms in total. The summed E-state index contributed by atoms with van der Waals surface area (Å²) in [6.45, 7) is 5.47. The van der Waals surface area contributed by atoms with Crippen LogP contribution < -0.4 is 5.32 Å². The molecule has 72 valence electrons. The minimum absolute atomic E-state index is 0.417. The van der Waals surface area contributed by atoms with Crippen LogP contribution in [0.4, 0.5) is 0 Å². The maximum atomic E-state index is 4.09. The largest absolute Gasteiger partial charge is 0.310 e. The summed E-state index contributed by atoms with van der Waals surface area (Å²) >= 11 is 0. The fraction of sp³-hybridized carbons (Fsp3) is 0.545. The standard InChI is InChI=1S/C11H18N2/c1-3-4-8-13-10(2)11-6-5-7-12-9-11/h5-7,9-10,13H,3-4,8H2,1-2H3/t10-/m1/s1. The van der Waals surface area contributed by atoms with Crippen molar-refractivity contribution in [2.75, 3.05) is 6.54 Å². The van der Waals surface area contributed by atoms with Crippen molar-refractivity contribution in [3.05, 3.63) is 30.1 Å². The average molecular weight is 178 g/mol. The predicted molar refractivity (Wildman–Crippen MR) is 55.6 cm³/mol. The molecule has 0 saturated carbocycles. The molecule has 0 bridgehead atoms. The number of rotatable bonds is 5. The van der Waals surface area contributed by atoms with Crippen molar-refractivity contribution in [1.29, 1.82) is 0 Å². The van der Waals surface area contributed by atoms with E-state index >= 15 is 0 Å². The van der Waals surface area contributed by atoms with Gasteiger partial charge in [0.25, 0.3) is 0 Å². The molecule has 0 radical (unpaired) electrons. The quantitative estimate of drug-likeness (QED) is 0.701. The van der Waals surface area contributed by atoms with Gasteiger partial charge in [-0.1, -0.05) is 19.4 Å². The van der Waals surface area contributed by atoms with E-state index in [2.05, 4.69) is 30.2 Å². The molecule has 0 unspecified atom stereocenters. The first-order valence-corrected chi connectivity index (χ1v) is 4.98. The second-order valence-electron chi connectivity index (χ2n) is 3.32. The highest BCUT2D eigenvalue weighted by Gasteiger charge is 2.02. The van der Waals surface area contributed by atoms with Gasteiger partial charge in [-0.05, 0) is 31.5 Å². The Morgan fingerprint density at radius 3 is 3.00 bits per heavy atom. The molecular formula is C11H18N2. The Kier molecular flexibility index (Phi) is 4.47. The van der Waals surface area contributed by atoms with Gasteiger partial charge in [0.15, 0.2) is 0 Å².